The van der Waals surface area contributed by atoms with Crippen molar-refractivity contribution in [2.24, 2.45) is 12.8 Å². The highest BCUT2D eigenvalue weighted by molar-refractivity contribution is 5.60. The standard InChI is InChI=1S/C20H22FN3O/c1-13-10-16(25-3)8-9-17(13)18(12-22)20-11-19(23-24(20)2)14-4-6-15(21)7-5-14/h4-11,18H,12,22H2,1-3H3. The molecule has 0 saturated carbocycles. The van der Waals surface area contributed by atoms with Gasteiger partial charge in [0, 0.05) is 30.8 Å². The van der Waals surface area contributed by atoms with E-state index in [1.54, 1.807) is 19.2 Å². The van der Waals surface area contributed by atoms with E-state index in [2.05, 4.69) is 18.1 Å². The minimum atomic E-state index is -0.256. The molecule has 4 nitrogen and oxygen atoms in total. The molecule has 5 heteroatoms. The van der Waals surface area contributed by atoms with Gasteiger partial charge >= 0.3 is 0 Å². The number of benzene rings is 2. The lowest BCUT2D eigenvalue weighted by molar-refractivity contribution is 0.414. The van der Waals surface area contributed by atoms with Crippen molar-refractivity contribution in [3.8, 4) is 17.0 Å². The summed E-state index contributed by atoms with van der Waals surface area (Å²) in [5, 5.41) is 4.58. The van der Waals surface area contributed by atoms with Crippen LogP contribution in [-0.4, -0.2) is 23.4 Å². The fraction of sp³-hybridized carbons (Fsp3) is 0.250. The van der Waals surface area contributed by atoms with Crippen molar-refractivity contribution < 1.29 is 9.13 Å². The minimum absolute atomic E-state index is 0.0256. The quantitative estimate of drug-likeness (QED) is 0.772. The number of hydrogen-bond acceptors (Lipinski definition) is 3. The monoisotopic (exact) mass is 339 g/mol. The van der Waals surface area contributed by atoms with Gasteiger partial charge in [-0.25, -0.2) is 4.39 Å². The van der Waals surface area contributed by atoms with Gasteiger partial charge in [-0.2, -0.15) is 5.10 Å². The molecule has 0 radical (unpaired) electrons. The molecule has 3 rings (SSSR count). The highest BCUT2D eigenvalue weighted by atomic mass is 19.1. The number of nitrogens with two attached hydrogens (primary N) is 1. The molecule has 1 aromatic heterocycles. The molecule has 0 saturated heterocycles. The van der Waals surface area contributed by atoms with Crippen LogP contribution in [0.4, 0.5) is 4.39 Å². The number of nitrogens with zero attached hydrogens (tertiary/aromatic N) is 2. The molecule has 0 aliphatic heterocycles. The van der Waals surface area contributed by atoms with E-state index in [0.29, 0.717) is 6.54 Å². The van der Waals surface area contributed by atoms with Crippen LogP contribution in [0.5, 0.6) is 5.75 Å². The van der Waals surface area contributed by atoms with Gasteiger partial charge in [0.15, 0.2) is 0 Å². The Hall–Kier alpha value is -2.66. The first kappa shape index (κ1) is 17.2. The van der Waals surface area contributed by atoms with Crippen LogP contribution in [0.15, 0.2) is 48.5 Å². The number of methoxy groups -OCH3 is 1. The Morgan fingerprint density at radius 3 is 2.48 bits per heavy atom. The van der Waals surface area contributed by atoms with E-state index in [1.165, 1.54) is 12.1 Å². The second-order valence-electron chi connectivity index (χ2n) is 6.10. The lowest BCUT2D eigenvalue weighted by Crippen LogP contribution is -2.18. The maximum atomic E-state index is 13.1. The number of ether oxygens (including phenoxy) is 1. The van der Waals surface area contributed by atoms with Gasteiger partial charge in [-0.05, 0) is 60.5 Å². The third-order valence-electron chi connectivity index (χ3n) is 4.50. The predicted octanol–water partition coefficient (Wildman–Crippen LogP) is 3.63. The summed E-state index contributed by atoms with van der Waals surface area (Å²) in [4.78, 5) is 0. The molecule has 2 N–H and O–H groups in total. The molecule has 0 fully saturated rings. The van der Waals surface area contributed by atoms with E-state index < -0.39 is 0 Å². The zero-order chi connectivity index (χ0) is 18.0. The molecule has 0 bridgehead atoms. The number of hydrogen-bond donors (Lipinski definition) is 1. The van der Waals surface area contributed by atoms with Crippen molar-refractivity contribution in [2.45, 2.75) is 12.8 Å². The van der Waals surface area contributed by atoms with Gasteiger partial charge in [-0.15, -0.1) is 0 Å². The Bertz CT molecular complexity index is 871. The van der Waals surface area contributed by atoms with Crippen LogP contribution < -0.4 is 10.5 Å². The van der Waals surface area contributed by atoms with Crippen LogP contribution in [0.2, 0.25) is 0 Å². The zero-order valence-corrected chi connectivity index (χ0v) is 14.7. The van der Waals surface area contributed by atoms with E-state index in [0.717, 1.165) is 33.8 Å². The van der Waals surface area contributed by atoms with E-state index >= 15 is 0 Å². The Morgan fingerprint density at radius 1 is 1.16 bits per heavy atom. The fourth-order valence-electron chi connectivity index (χ4n) is 3.14. The summed E-state index contributed by atoms with van der Waals surface area (Å²) in [6.45, 7) is 2.52. The van der Waals surface area contributed by atoms with Crippen LogP contribution in [0.25, 0.3) is 11.3 Å². The second-order valence-corrected chi connectivity index (χ2v) is 6.10. The summed E-state index contributed by atoms with van der Waals surface area (Å²) in [5.74, 6) is 0.597. The Kier molecular flexibility index (Phi) is 4.86. The number of halogens is 1. The molecule has 2 aromatic carbocycles. The molecule has 0 aliphatic carbocycles. The molecule has 0 spiro atoms. The summed E-state index contributed by atoms with van der Waals surface area (Å²) in [7, 11) is 3.56. The van der Waals surface area contributed by atoms with Gasteiger partial charge in [0.2, 0.25) is 0 Å². The Morgan fingerprint density at radius 2 is 1.88 bits per heavy atom. The number of aromatic nitrogens is 2. The topological polar surface area (TPSA) is 53.1 Å². The van der Waals surface area contributed by atoms with Crippen molar-refractivity contribution >= 4 is 0 Å². The normalized spacial score (nSPS) is 12.2. The van der Waals surface area contributed by atoms with Crippen LogP contribution in [0.3, 0.4) is 0 Å². The Balaban J connectivity index is 2.00. The average Bonchev–Trinajstić information content (AvgIpc) is 2.99. The average molecular weight is 339 g/mol. The second kappa shape index (κ2) is 7.07. The van der Waals surface area contributed by atoms with Crippen LogP contribution in [0, 0.1) is 12.7 Å². The molecule has 1 heterocycles. The third kappa shape index (κ3) is 3.42. The van der Waals surface area contributed by atoms with Crippen molar-refractivity contribution in [1.29, 1.82) is 0 Å². The lowest BCUT2D eigenvalue weighted by atomic mass is 9.91. The fourth-order valence-corrected chi connectivity index (χ4v) is 3.14. The van der Waals surface area contributed by atoms with Gasteiger partial charge in [-0.3, -0.25) is 4.68 Å². The van der Waals surface area contributed by atoms with Crippen molar-refractivity contribution in [3.63, 3.8) is 0 Å². The molecular weight excluding hydrogens is 317 g/mol. The van der Waals surface area contributed by atoms with Gasteiger partial charge in [-0.1, -0.05) is 6.07 Å². The SMILES string of the molecule is COc1ccc(C(CN)c2cc(-c3ccc(F)cc3)nn2C)c(C)c1. The Labute approximate surface area is 147 Å². The molecule has 1 unspecified atom stereocenters. The summed E-state index contributed by atoms with van der Waals surface area (Å²) >= 11 is 0. The molecule has 0 amide bonds. The van der Waals surface area contributed by atoms with Gasteiger partial charge in [0.1, 0.15) is 11.6 Å². The van der Waals surface area contributed by atoms with Crippen LogP contribution >= 0.6 is 0 Å². The maximum absolute atomic E-state index is 13.1. The lowest BCUT2D eigenvalue weighted by Gasteiger charge is -2.18. The van der Waals surface area contributed by atoms with Gasteiger partial charge in [0.25, 0.3) is 0 Å². The van der Waals surface area contributed by atoms with E-state index in [-0.39, 0.29) is 11.7 Å². The highest BCUT2D eigenvalue weighted by Crippen LogP contribution is 2.31. The molecule has 25 heavy (non-hydrogen) atoms. The first-order valence-corrected chi connectivity index (χ1v) is 8.18. The van der Waals surface area contributed by atoms with Crippen molar-refractivity contribution in [3.05, 3.63) is 71.2 Å². The number of aryl methyl sites for hydroxylation is 2. The smallest absolute Gasteiger partial charge is 0.123 e. The van der Waals surface area contributed by atoms with Crippen LogP contribution in [0.1, 0.15) is 22.7 Å². The molecular formula is C20H22FN3O. The first-order valence-electron chi connectivity index (χ1n) is 8.18. The summed E-state index contributed by atoms with van der Waals surface area (Å²) < 4.78 is 20.3. The van der Waals surface area contributed by atoms with Gasteiger partial charge in [0.05, 0.1) is 12.8 Å². The minimum Gasteiger partial charge on any atom is -0.497 e. The first-order chi connectivity index (χ1) is 12.0. The molecule has 0 aliphatic rings. The van der Waals surface area contributed by atoms with Crippen LogP contribution in [-0.2, 0) is 7.05 Å². The number of rotatable bonds is 5. The molecule has 1 atom stereocenters. The van der Waals surface area contributed by atoms with Gasteiger partial charge < -0.3 is 10.5 Å². The van der Waals surface area contributed by atoms with E-state index in [1.807, 2.05) is 29.9 Å². The predicted molar refractivity (Wildman–Crippen MR) is 97.2 cm³/mol. The maximum Gasteiger partial charge on any atom is 0.123 e. The van der Waals surface area contributed by atoms with E-state index in [9.17, 15) is 4.39 Å². The highest BCUT2D eigenvalue weighted by Gasteiger charge is 2.20. The largest absolute Gasteiger partial charge is 0.497 e. The molecule has 3 aromatic rings. The zero-order valence-electron chi connectivity index (χ0n) is 14.7. The summed E-state index contributed by atoms with van der Waals surface area (Å²) in [6, 6.07) is 14.4. The summed E-state index contributed by atoms with van der Waals surface area (Å²) in [6.07, 6.45) is 0. The molecule has 130 valence electrons. The third-order valence-corrected chi connectivity index (χ3v) is 4.50. The summed E-state index contributed by atoms with van der Waals surface area (Å²) in [5.41, 5.74) is 11.1. The van der Waals surface area contributed by atoms with Crippen molar-refractivity contribution in [1.82, 2.24) is 9.78 Å². The van der Waals surface area contributed by atoms with E-state index in [4.69, 9.17) is 10.5 Å². The van der Waals surface area contributed by atoms with Crippen molar-refractivity contribution in [2.75, 3.05) is 13.7 Å².